The minimum absolute atomic E-state index is 0.155. The summed E-state index contributed by atoms with van der Waals surface area (Å²) in [6, 6.07) is 0. The molecule has 0 aromatic heterocycles. The van der Waals surface area contributed by atoms with Crippen LogP contribution in [0.4, 0.5) is 0 Å². The van der Waals surface area contributed by atoms with Gasteiger partial charge in [0, 0.05) is 5.92 Å². The van der Waals surface area contributed by atoms with Crippen molar-refractivity contribution in [1.29, 1.82) is 0 Å². The average Bonchev–Trinajstić information content (AvgIpc) is 2.43. The predicted molar refractivity (Wildman–Crippen MR) is 73.1 cm³/mol. The molecular formula is C14H20N2O6. The first-order valence-corrected chi connectivity index (χ1v) is 7.30. The van der Waals surface area contributed by atoms with Crippen LogP contribution >= 0.6 is 0 Å². The maximum Gasteiger partial charge on any atom is 0.307 e. The third kappa shape index (κ3) is 2.65. The third-order valence-electron chi connectivity index (χ3n) is 5.26. The van der Waals surface area contributed by atoms with Gasteiger partial charge in [0.05, 0.1) is 17.8 Å². The highest BCUT2D eigenvalue weighted by Gasteiger charge is 2.54. The van der Waals surface area contributed by atoms with Crippen LogP contribution in [0.15, 0.2) is 0 Å². The number of fused-ring (bicyclic) bond motifs is 1. The highest BCUT2D eigenvalue weighted by atomic mass is 16.4. The maximum absolute atomic E-state index is 11.8. The highest BCUT2D eigenvalue weighted by molar-refractivity contribution is 5.87. The summed E-state index contributed by atoms with van der Waals surface area (Å²) in [5.41, 5.74) is 10.7. The van der Waals surface area contributed by atoms with Gasteiger partial charge in [0.1, 0.15) is 0 Å². The molecule has 6 N–H and O–H groups in total. The molecule has 8 nitrogen and oxygen atoms in total. The fourth-order valence-electron chi connectivity index (χ4n) is 4.38. The first-order valence-electron chi connectivity index (χ1n) is 7.30. The Morgan fingerprint density at radius 1 is 0.682 bits per heavy atom. The van der Waals surface area contributed by atoms with Gasteiger partial charge in [-0.25, -0.2) is 0 Å². The van der Waals surface area contributed by atoms with E-state index in [2.05, 4.69) is 0 Å². The summed E-state index contributed by atoms with van der Waals surface area (Å²) in [5.74, 6) is -8.03. The van der Waals surface area contributed by atoms with Crippen molar-refractivity contribution < 1.29 is 29.4 Å². The zero-order chi connectivity index (χ0) is 16.6. The van der Waals surface area contributed by atoms with E-state index in [4.69, 9.17) is 11.5 Å². The van der Waals surface area contributed by atoms with E-state index in [1.807, 2.05) is 0 Å². The lowest BCUT2D eigenvalue weighted by atomic mass is 9.55. The van der Waals surface area contributed by atoms with Gasteiger partial charge >= 0.3 is 11.9 Å². The van der Waals surface area contributed by atoms with Crippen LogP contribution in [0.25, 0.3) is 0 Å². The molecule has 6 atom stereocenters. The second-order valence-corrected chi connectivity index (χ2v) is 6.23. The summed E-state index contributed by atoms with van der Waals surface area (Å²) in [5, 5.41) is 18.7. The maximum atomic E-state index is 11.8. The summed E-state index contributed by atoms with van der Waals surface area (Å²) in [7, 11) is 0. The number of amides is 2. The second kappa shape index (κ2) is 5.94. The van der Waals surface area contributed by atoms with E-state index in [9.17, 15) is 29.4 Å². The summed E-state index contributed by atoms with van der Waals surface area (Å²) in [6.07, 6.45) is 1.15. The molecule has 2 fully saturated rings. The van der Waals surface area contributed by atoms with E-state index in [0.29, 0.717) is 12.8 Å². The van der Waals surface area contributed by atoms with Crippen molar-refractivity contribution in [2.24, 2.45) is 47.0 Å². The van der Waals surface area contributed by atoms with E-state index in [1.165, 1.54) is 0 Å². The summed E-state index contributed by atoms with van der Waals surface area (Å²) >= 11 is 0. The monoisotopic (exact) mass is 312 g/mol. The topological polar surface area (TPSA) is 161 Å². The fourth-order valence-corrected chi connectivity index (χ4v) is 4.38. The standard InChI is InChI=1S/C14H20N2O6/c15-11(17)7-3-1-6-5(9(7)12(16)18)2-4-8(13(19)20)10(6)14(21)22/h5-10H,1-4H2,(H2,15,17)(H2,16,18)(H,19,20)(H,21,22). The zero-order valence-electron chi connectivity index (χ0n) is 12.0. The molecule has 2 aliphatic rings. The molecule has 0 bridgehead atoms. The number of carboxylic acids is 2. The molecule has 122 valence electrons. The number of rotatable bonds is 4. The molecule has 2 aliphatic carbocycles. The van der Waals surface area contributed by atoms with Gasteiger partial charge in [-0.2, -0.15) is 0 Å². The van der Waals surface area contributed by atoms with Gasteiger partial charge in [0.2, 0.25) is 11.8 Å². The molecule has 0 saturated heterocycles. The minimum Gasteiger partial charge on any atom is -0.481 e. The number of hydrogen-bond acceptors (Lipinski definition) is 4. The zero-order valence-corrected chi connectivity index (χ0v) is 12.0. The van der Waals surface area contributed by atoms with Gasteiger partial charge in [0.25, 0.3) is 0 Å². The van der Waals surface area contributed by atoms with Gasteiger partial charge < -0.3 is 21.7 Å². The van der Waals surface area contributed by atoms with Gasteiger partial charge in [-0.3, -0.25) is 19.2 Å². The average molecular weight is 312 g/mol. The molecule has 6 unspecified atom stereocenters. The van der Waals surface area contributed by atoms with Crippen molar-refractivity contribution >= 4 is 23.8 Å². The van der Waals surface area contributed by atoms with E-state index in [-0.39, 0.29) is 12.8 Å². The van der Waals surface area contributed by atoms with Crippen molar-refractivity contribution in [2.45, 2.75) is 25.7 Å². The van der Waals surface area contributed by atoms with Crippen LogP contribution in [0.2, 0.25) is 0 Å². The van der Waals surface area contributed by atoms with Gasteiger partial charge in [0.15, 0.2) is 0 Å². The molecular weight excluding hydrogens is 292 g/mol. The van der Waals surface area contributed by atoms with E-state index in [0.717, 1.165) is 0 Å². The molecule has 0 aliphatic heterocycles. The SMILES string of the molecule is NC(=O)C1CCC2C(CCC(C(=O)O)C2C(=O)O)C1C(N)=O. The van der Waals surface area contributed by atoms with Crippen LogP contribution < -0.4 is 11.5 Å². The molecule has 0 aromatic carbocycles. The first-order chi connectivity index (χ1) is 10.3. The molecule has 2 amide bonds. The van der Waals surface area contributed by atoms with Crippen molar-refractivity contribution in [3.05, 3.63) is 0 Å². The van der Waals surface area contributed by atoms with Crippen molar-refractivity contribution in [3.63, 3.8) is 0 Å². The Hall–Kier alpha value is -2.12. The fraction of sp³-hybridized carbons (Fsp3) is 0.714. The van der Waals surface area contributed by atoms with Crippen LogP contribution in [0.1, 0.15) is 25.7 Å². The van der Waals surface area contributed by atoms with E-state index < -0.39 is 59.3 Å². The Morgan fingerprint density at radius 3 is 1.59 bits per heavy atom. The highest BCUT2D eigenvalue weighted by Crippen LogP contribution is 2.50. The molecule has 2 rings (SSSR count). The normalized spacial score (nSPS) is 37.8. The minimum atomic E-state index is -1.18. The molecule has 0 aromatic rings. The molecule has 0 spiro atoms. The van der Waals surface area contributed by atoms with E-state index >= 15 is 0 Å². The number of carbonyl (C=O) groups excluding carboxylic acids is 2. The number of aliphatic carboxylic acids is 2. The summed E-state index contributed by atoms with van der Waals surface area (Å²) in [6.45, 7) is 0. The van der Waals surface area contributed by atoms with Crippen LogP contribution in [0.3, 0.4) is 0 Å². The Balaban J connectivity index is 2.36. The van der Waals surface area contributed by atoms with Gasteiger partial charge in [-0.05, 0) is 37.5 Å². The predicted octanol–water partition coefficient (Wildman–Crippen LogP) is -0.589. The number of nitrogens with two attached hydrogens (primary N) is 2. The smallest absolute Gasteiger partial charge is 0.307 e. The molecule has 22 heavy (non-hydrogen) atoms. The van der Waals surface area contributed by atoms with Crippen LogP contribution in [0.5, 0.6) is 0 Å². The van der Waals surface area contributed by atoms with Gasteiger partial charge in [-0.1, -0.05) is 0 Å². The van der Waals surface area contributed by atoms with E-state index in [1.54, 1.807) is 0 Å². The summed E-state index contributed by atoms with van der Waals surface area (Å²) in [4.78, 5) is 46.1. The van der Waals surface area contributed by atoms with Crippen molar-refractivity contribution in [1.82, 2.24) is 0 Å². The third-order valence-corrected chi connectivity index (χ3v) is 5.26. The Kier molecular flexibility index (Phi) is 4.39. The number of carbonyl (C=O) groups is 4. The largest absolute Gasteiger partial charge is 0.481 e. The Labute approximate surface area is 126 Å². The lowest BCUT2D eigenvalue weighted by molar-refractivity contribution is -0.165. The molecule has 8 heteroatoms. The van der Waals surface area contributed by atoms with Crippen LogP contribution in [-0.4, -0.2) is 34.0 Å². The molecule has 0 heterocycles. The second-order valence-electron chi connectivity index (χ2n) is 6.23. The Morgan fingerprint density at radius 2 is 1.18 bits per heavy atom. The first kappa shape index (κ1) is 16.3. The summed E-state index contributed by atoms with van der Waals surface area (Å²) < 4.78 is 0. The molecule has 0 radical (unpaired) electrons. The van der Waals surface area contributed by atoms with Gasteiger partial charge in [-0.15, -0.1) is 0 Å². The van der Waals surface area contributed by atoms with Crippen LogP contribution in [-0.2, 0) is 19.2 Å². The van der Waals surface area contributed by atoms with Crippen molar-refractivity contribution in [3.8, 4) is 0 Å². The van der Waals surface area contributed by atoms with Crippen LogP contribution in [0, 0.1) is 35.5 Å². The Bertz CT molecular complexity index is 473. The number of carboxylic acid groups (broad SMARTS) is 2. The lowest BCUT2D eigenvalue weighted by Crippen LogP contribution is -2.53. The lowest BCUT2D eigenvalue weighted by Gasteiger charge is -2.47. The van der Waals surface area contributed by atoms with Crippen molar-refractivity contribution in [2.75, 3.05) is 0 Å². The number of hydrogen-bond donors (Lipinski definition) is 4. The molecule has 2 saturated carbocycles. The number of primary amides is 2. The quantitative estimate of drug-likeness (QED) is 0.542.